The molecule has 2 aromatic heterocycles. The smallest absolute Gasteiger partial charge is 0.255 e. The Labute approximate surface area is 146 Å². The predicted molar refractivity (Wildman–Crippen MR) is 96.4 cm³/mol. The van der Waals surface area contributed by atoms with E-state index in [1.54, 1.807) is 17.5 Å². The summed E-state index contributed by atoms with van der Waals surface area (Å²) in [5.74, 6) is 0.963. The number of rotatable bonds is 5. The van der Waals surface area contributed by atoms with Gasteiger partial charge in [-0.1, -0.05) is 0 Å². The second-order valence-electron chi connectivity index (χ2n) is 6.55. The van der Waals surface area contributed by atoms with Crippen LogP contribution in [0, 0.1) is 0 Å². The van der Waals surface area contributed by atoms with Gasteiger partial charge in [-0.05, 0) is 47.4 Å². The van der Waals surface area contributed by atoms with Crippen LogP contribution in [0.2, 0.25) is 0 Å². The standard InChI is InChI=1S/C18H22N4OS/c23-18(15-1-4-17(19-11-15)20-16-2-3-16)22-8-6-21(7-9-22)12-14-5-10-24-13-14/h1,4-5,10-11,13,16H,2-3,6-9,12H2,(H,19,20). The molecular formula is C18H22N4OS. The molecule has 0 atom stereocenters. The van der Waals surface area contributed by atoms with Crippen LogP contribution in [0.25, 0.3) is 0 Å². The maximum Gasteiger partial charge on any atom is 0.255 e. The zero-order chi connectivity index (χ0) is 16.4. The van der Waals surface area contributed by atoms with E-state index in [2.05, 4.69) is 32.0 Å². The summed E-state index contributed by atoms with van der Waals surface area (Å²) in [5, 5.41) is 7.66. The highest BCUT2D eigenvalue weighted by Crippen LogP contribution is 2.23. The number of aromatic nitrogens is 1. The number of hydrogen-bond donors (Lipinski definition) is 1. The average Bonchev–Trinajstić information content (AvgIpc) is 3.28. The van der Waals surface area contributed by atoms with E-state index in [9.17, 15) is 4.79 Å². The Kier molecular flexibility index (Phi) is 4.49. The van der Waals surface area contributed by atoms with Crippen molar-refractivity contribution in [3.05, 3.63) is 46.3 Å². The third kappa shape index (κ3) is 3.76. The van der Waals surface area contributed by atoms with Crippen molar-refractivity contribution in [2.75, 3.05) is 31.5 Å². The second-order valence-corrected chi connectivity index (χ2v) is 7.33. The van der Waals surface area contributed by atoms with Gasteiger partial charge in [-0.2, -0.15) is 11.3 Å². The van der Waals surface area contributed by atoms with Crippen molar-refractivity contribution < 1.29 is 4.79 Å². The maximum absolute atomic E-state index is 12.6. The molecule has 2 fully saturated rings. The molecule has 5 nitrogen and oxygen atoms in total. The number of carbonyl (C=O) groups is 1. The fourth-order valence-electron chi connectivity index (χ4n) is 2.98. The molecule has 1 N–H and O–H groups in total. The molecular weight excluding hydrogens is 320 g/mol. The average molecular weight is 342 g/mol. The quantitative estimate of drug-likeness (QED) is 0.908. The van der Waals surface area contributed by atoms with E-state index in [0.29, 0.717) is 11.6 Å². The highest BCUT2D eigenvalue weighted by Gasteiger charge is 2.23. The Morgan fingerprint density at radius 1 is 1.21 bits per heavy atom. The molecule has 24 heavy (non-hydrogen) atoms. The summed E-state index contributed by atoms with van der Waals surface area (Å²) < 4.78 is 0. The number of carbonyl (C=O) groups excluding carboxylic acids is 1. The zero-order valence-electron chi connectivity index (χ0n) is 13.6. The van der Waals surface area contributed by atoms with Gasteiger partial charge in [-0.15, -0.1) is 0 Å². The number of pyridine rings is 1. The number of thiophene rings is 1. The molecule has 126 valence electrons. The Morgan fingerprint density at radius 2 is 2.04 bits per heavy atom. The molecule has 0 bridgehead atoms. The molecule has 1 saturated heterocycles. The highest BCUT2D eigenvalue weighted by molar-refractivity contribution is 7.07. The molecule has 0 spiro atoms. The van der Waals surface area contributed by atoms with E-state index < -0.39 is 0 Å². The van der Waals surface area contributed by atoms with E-state index in [1.165, 1.54) is 18.4 Å². The van der Waals surface area contributed by atoms with Crippen LogP contribution in [0.3, 0.4) is 0 Å². The molecule has 1 amide bonds. The minimum atomic E-state index is 0.0932. The molecule has 6 heteroatoms. The second kappa shape index (κ2) is 6.91. The van der Waals surface area contributed by atoms with Crippen molar-refractivity contribution in [3.8, 4) is 0 Å². The lowest BCUT2D eigenvalue weighted by atomic mass is 10.2. The summed E-state index contributed by atoms with van der Waals surface area (Å²) >= 11 is 1.74. The Balaban J connectivity index is 1.30. The molecule has 1 aliphatic carbocycles. The Morgan fingerprint density at radius 3 is 2.67 bits per heavy atom. The third-order valence-corrected chi connectivity index (χ3v) is 5.32. The zero-order valence-corrected chi connectivity index (χ0v) is 14.5. The lowest BCUT2D eigenvalue weighted by molar-refractivity contribution is 0.0628. The molecule has 0 unspecified atom stereocenters. The molecule has 4 rings (SSSR count). The largest absolute Gasteiger partial charge is 0.367 e. The Hall–Kier alpha value is -1.92. The van der Waals surface area contributed by atoms with Gasteiger partial charge in [-0.3, -0.25) is 9.69 Å². The first-order valence-electron chi connectivity index (χ1n) is 8.53. The van der Waals surface area contributed by atoms with E-state index >= 15 is 0 Å². The van der Waals surface area contributed by atoms with Gasteiger partial charge in [0, 0.05) is 45.0 Å². The molecule has 0 aromatic carbocycles. The summed E-state index contributed by atoms with van der Waals surface area (Å²) in [4.78, 5) is 21.3. The monoisotopic (exact) mass is 342 g/mol. The lowest BCUT2D eigenvalue weighted by Gasteiger charge is -2.34. The summed E-state index contributed by atoms with van der Waals surface area (Å²) in [5.41, 5.74) is 2.05. The summed E-state index contributed by atoms with van der Waals surface area (Å²) in [6.07, 6.45) is 4.14. The number of hydrogen-bond acceptors (Lipinski definition) is 5. The van der Waals surface area contributed by atoms with E-state index in [0.717, 1.165) is 38.5 Å². The fraction of sp³-hybridized carbons (Fsp3) is 0.444. The normalized spacial score (nSPS) is 18.6. The van der Waals surface area contributed by atoms with Crippen molar-refractivity contribution in [1.82, 2.24) is 14.8 Å². The van der Waals surface area contributed by atoms with E-state index in [4.69, 9.17) is 0 Å². The molecule has 2 aromatic rings. The van der Waals surface area contributed by atoms with Crippen LogP contribution in [-0.4, -0.2) is 52.9 Å². The third-order valence-electron chi connectivity index (χ3n) is 4.59. The summed E-state index contributed by atoms with van der Waals surface area (Å²) in [7, 11) is 0. The lowest BCUT2D eigenvalue weighted by Crippen LogP contribution is -2.48. The van der Waals surface area contributed by atoms with Crippen LogP contribution < -0.4 is 5.32 Å². The van der Waals surface area contributed by atoms with Gasteiger partial charge in [0.05, 0.1) is 5.56 Å². The van der Waals surface area contributed by atoms with E-state index in [1.807, 2.05) is 17.0 Å². The van der Waals surface area contributed by atoms with Crippen molar-refractivity contribution in [2.45, 2.75) is 25.4 Å². The van der Waals surface area contributed by atoms with Crippen molar-refractivity contribution in [2.24, 2.45) is 0 Å². The fourth-order valence-corrected chi connectivity index (χ4v) is 3.63. The number of nitrogens with zero attached hydrogens (tertiary/aromatic N) is 3. The maximum atomic E-state index is 12.6. The van der Waals surface area contributed by atoms with Crippen molar-refractivity contribution in [3.63, 3.8) is 0 Å². The molecule has 3 heterocycles. The van der Waals surface area contributed by atoms with Crippen LogP contribution in [0.1, 0.15) is 28.8 Å². The first-order chi connectivity index (χ1) is 11.8. The number of anilines is 1. The molecule has 1 aliphatic heterocycles. The van der Waals surface area contributed by atoms with E-state index in [-0.39, 0.29) is 5.91 Å². The van der Waals surface area contributed by atoms with Gasteiger partial charge in [0.1, 0.15) is 5.82 Å². The number of amides is 1. The minimum absolute atomic E-state index is 0.0932. The highest BCUT2D eigenvalue weighted by atomic mass is 32.1. The molecule has 1 saturated carbocycles. The van der Waals surface area contributed by atoms with Gasteiger partial charge in [0.15, 0.2) is 0 Å². The first kappa shape index (κ1) is 15.6. The minimum Gasteiger partial charge on any atom is -0.367 e. The molecule has 0 radical (unpaired) electrons. The van der Waals surface area contributed by atoms with Crippen LogP contribution in [0.15, 0.2) is 35.2 Å². The van der Waals surface area contributed by atoms with Gasteiger partial charge in [-0.25, -0.2) is 4.98 Å². The summed E-state index contributed by atoms with van der Waals surface area (Å²) in [6, 6.07) is 6.55. The Bertz CT molecular complexity index is 674. The first-order valence-corrected chi connectivity index (χ1v) is 9.47. The predicted octanol–water partition coefficient (Wildman–Crippen LogP) is 2.68. The van der Waals surface area contributed by atoms with Crippen LogP contribution in [0.4, 0.5) is 5.82 Å². The van der Waals surface area contributed by atoms with Crippen molar-refractivity contribution >= 4 is 23.1 Å². The van der Waals surface area contributed by atoms with Gasteiger partial charge < -0.3 is 10.2 Å². The number of piperazine rings is 1. The van der Waals surface area contributed by atoms with Crippen LogP contribution in [0.5, 0.6) is 0 Å². The number of nitrogens with one attached hydrogen (secondary N) is 1. The van der Waals surface area contributed by atoms with Gasteiger partial charge in [0.2, 0.25) is 0 Å². The topological polar surface area (TPSA) is 48.5 Å². The van der Waals surface area contributed by atoms with Gasteiger partial charge in [0.25, 0.3) is 5.91 Å². The molecule has 2 aliphatic rings. The van der Waals surface area contributed by atoms with Crippen molar-refractivity contribution in [1.29, 1.82) is 0 Å². The SMILES string of the molecule is O=C(c1ccc(NC2CC2)nc1)N1CCN(Cc2ccsc2)CC1. The van der Waals surface area contributed by atoms with Crippen LogP contribution >= 0.6 is 11.3 Å². The van der Waals surface area contributed by atoms with Gasteiger partial charge >= 0.3 is 0 Å². The summed E-state index contributed by atoms with van der Waals surface area (Å²) in [6.45, 7) is 4.40. The van der Waals surface area contributed by atoms with Crippen LogP contribution in [-0.2, 0) is 6.54 Å².